The van der Waals surface area contributed by atoms with Crippen LogP contribution in [0.4, 0.5) is 0 Å². The quantitative estimate of drug-likeness (QED) is 0.645. The van der Waals surface area contributed by atoms with Gasteiger partial charge in [0, 0.05) is 5.56 Å². The van der Waals surface area contributed by atoms with Gasteiger partial charge in [-0.25, -0.2) is 0 Å². The Labute approximate surface area is 128 Å². The molecule has 22 heavy (non-hydrogen) atoms. The summed E-state index contributed by atoms with van der Waals surface area (Å²) in [5.74, 6) is -0.0203. The molecule has 112 valence electrons. The molecule has 2 atom stereocenters. The van der Waals surface area contributed by atoms with Gasteiger partial charge in [0.2, 0.25) is 0 Å². The molecule has 0 bridgehead atoms. The maximum absolute atomic E-state index is 12.7. The summed E-state index contributed by atoms with van der Waals surface area (Å²) < 4.78 is 10.8. The van der Waals surface area contributed by atoms with Gasteiger partial charge in [-0.15, -0.1) is 0 Å². The molecule has 0 saturated carbocycles. The SMILES string of the molecule is COc1ccc(C(=O)[C@H]2C(=O)c3ccccc3O[C@@H]2C)cc1. The molecule has 0 aromatic heterocycles. The van der Waals surface area contributed by atoms with E-state index in [1.165, 1.54) is 0 Å². The van der Waals surface area contributed by atoms with Crippen molar-refractivity contribution < 1.29 is 19.1 Å². The third-order valence-electron chi connectivity index (χ3n) is 3.87. The van der Waals surface area contributed by atoms with E-state index in [9.17, 15) is 9.59 Å². The van der Waals surface area contributed by atoms with Crippen molar-refractivity contribution in [3.63, 3.8) is 0 Å². The van der Waals surface area contributed by atoms with Crippen molar-refractivity contribution in [2.75, 3.05) is 7.11 Å². The number of carbonyl (C=O) groups excluding carboxylic acids is 2. The first-order valence-corrected chi connectivity index (χ1v) is 7.10. The first-order chi connectivity index (χ1) is 10.6. The summed E-state index contributed by atoms with van der Waals surface area (Å²) in [5, 5.41) is 0. The molecule has 0 saturated heterocycles. The lowest BCUT2D eigenvalue weighted by Gasteiger charge is -2.29. The monoisotopic (exact) mass is 296 g/mol. The van der Waals surface area contributed by atoms with Crippen molar-refractivity contribution >= 4 is 11.6 Å². The number of carbonyl (C=O) groups is 2. The third-order valence-corrected chi connectivity index (χ3v) is 3.87. The lowest BCUT2D eigenvalue weighted by atomic mass is 9.84. The molecule has 1 heterocycles. The fourth-order valence-electron chi connectivity index (χ4n) is 2.69. The highest BCUT2D eigenvalue weighted by molar-refractivity contribution is 6.18. The van der Waals surface area contributed by atoms with E-state index in [0.717, 1.165) is 0 Å². The molecule has 0 amide bonds. The largest absolute Gasteiger partial charge is 0.497 e. The van der Waals surface area contributed by atoms with Crippen LogP contribution < -0.4 is 9.47 Å². The zero-order valence-electron chi connectivity index (χ0n) is 12.4. The predicted molar refractivity (Wildman–Crippen MR) is 81.7 cm³/mol. The summed E-state index contributed by atoms with van der Waals surface area (Å²) in [6.07, 6.45) is -0.489. The van der Waals surface area contributed by atoms with E-state index >= 15 is 0 Å². The smallest absolute Gasteiger partial charge is 0.181 e. The average Bonchev–Trinajstić information content (AvgIpc) is 2.55. The molecule has 3 rings (SSSR count). The van der Waals surface area contributed by atoms with E-state index in [2.05, 4.69) is 0 Å². The average molecular weight is 296 g/mol. The van der Waals surface area contributed by atoms with E-state index in [4.69, 9.17) is 9.47 Å². The lowest BCUT2D eigenvalue weighted by Crippen LogP contribution is -2.40. The molecule has 1 aliphatic rings. The molecule has 2 aromatic rings. The van der Waals surface area contributed by atoms with Crippen LogP contribution in [-0.4, -0.2) is 24.8 Å². The Hall–Kier alpha value is -2.62. The summed E-state index contributed by atoms with van der Waals surface area (Å²) in [6, 6.07) is 13.8. The van der Waals surface area contributed by atoms with E-state index in [1.54, 1.807) is 56.5 Å². The second-order valence-electron chi connectivity index (χ2n) is 5.25. The van der Waals surface area contributed by atoms with Crippen molar-refractivity contribution in [2.45, 2.75) is 13.0 Å². The molecule has 0 aliphatic carbocycles. The maximum atomic E-state index is 12.7. The number of benzene rings is 2. The van der Waals surface area contributed by atoms with E-state index in [0.29, 0.717) is 22.6 Å². The summed E-state index contributed by atoms with van der Waals surface area (Å²) in [7, 11) is 1.56. The number of hydrogen-bond donors (Lipinski definition) is 0. The molecule has 0 N–H and O–H groups in total. The number of rotatable bonds is 3. The number of fused-ring (bicyclic) bond motifs is 1. The minimum absolute atomic E-state index is 0.185. The van der Waals surface area contributed by atoms with Gasteiger partial charge >= 0.3 is 0 Å². The second-order valence-corrected chi connectivity index (χ2v) is 5.25. The van der Waals surface area contributed by atoms with Crippen LogP contribution >= 0.6 is 0 Å². The minimum Gasteiger partial charge on any atom is -0.497 e. The van der Waals surface area contributed by atoms with Crippen molar-refractivity contribution in [1.82, 2.24) is 0 Å². The molecular formula is C18H16O4. The van der Waals surface area contributed by atoms with Crippen LogP contribution in [0, 0.1) is 5.92 Å². The van der Waals surface area contributed by atoms with E-state index in [-0.39, 0.29) is 11.6 Å². The summed E-state index contributed by atoms with van der Waals surface area (Å²) in [5.41, 5.74) is 0.946. The highest BCUT2D eigenvalue weighted by Crippen LogP contribution is 2.32. The van der Waals surface area contributed by atoms with Gasteiger partial charge in [0.05, 0.1) is 12.7 Å². The highest BCUT2D eigenvalue weighted by Gasteiger charge is 2.39. The Bertz CT molecular complexity index is 718. The Morgan fingerprint density at radius 2 is 1.77 bits per heavy atom. The van der Waals surface area contributed by atoms with Crippen molar-refractivity contribution in [1.29, 1.82) is 0 Å². The standard InChI is InChI=1S/C18H16O4/c1-11-16(17(19)12-7-9-13(21-2)10-8-12)18(20)14-5-3-4-6-15(14)22-11/h3-11,16H,1-2H3/t11-,16+/m1/s1. The van der Waals surface area contributed by atoms with E-state index in [1.807, 2.05) is 6.07 Å². The Morgan fingerprint density at radius 1 is 1.09 bits per heavy atom. The van der Waals surface area contributed by atoms with E-state index < -0.39 is 12.0 Å². The number of Topliss-reactive ketones (excluding diaryl/α,β-unsaturated/α-hetero) is 2. The molecule has 4 heteroatoms. The predicted octanol–water partition coefficient (Wildman–Crippen LogP) is 3.16. The normalized spacial score (nSPS) is 20.0. The topological polar surface area (TPSA) is 52.6 Å². The van der Waals surface area contributed by atoms with Crippen molar-refractivity contribution in [3.8, 4) is 11.5 Å². The maximum Gasteiger partial charge on any atom is 0.181 e. The number of para-hydroxylation sites is 1. The first-order valence-electron chi connectivity index (χ1n) is 7.10. The summed E-state index contributed by atoms with van der Waals surface area (Å²) >= 11 is 0. The molecular weight excluding hydrogens is 280 g/mol. The fourth-order valence-corrected chi connectivity index (χ4v) is 2.69. The molecule has 4 nitrogen and oxygen atoms in total. The molecule has 1 aliphatic heterocycles. The Morgan fingerprint density at radius 3 is 2.45 bits per heavy atom. The van der Waals surface area contributed by atoms with Crippen molar-refractivity contribution in [2.24, 2.45) is 5.92 Å². The molecule has 0 spiro atoms. The van der Waals surface area contributed by atoms with Crippen LogP contribution in [0.15, 0.2) is 48.5 Å². The zero-order chi connectivity index (χ0) is 15.7. The van der Waals surface area contributed by atoms with Gasteiger partial charge in [-0.1, -0.05) is 12.1 Å². The van der Waals surface area contributed by atoms with Gasteiger partial charge in [0.25, 0.3) is 0 Å². The molecule has 2 aromatic carbocycles. The van der Waals surface area contributed by atoms with Crippen LogP contribution in [0.3, 0.4) is 0 Å². The first kappa shape index (κ1) is 14.3. The van der Waals surface area contributed by atoms with Gasteiger partial charge in [0.1, 0.15) is 23.5 Å². The molecule has 0 fully saturated rings. The van der Waals surface area contributed by atoms with Gasteiger partial charge in [0.15, 0.2) is 11.6 Å². The summed E-state index contributed by atoms with van der Waals surface area (Å²) in [6.45, 7) is 1.75. The van der Waals surface area contributed by atoms with Gasteiger partial charge in [-0.05, 0) is 43.3 Å². The highest BCUT2D eigenvalue weighted by atomic mass is 16.5. The number of methoxy groups -OCH3 is 1. The zero-order valence-corrected chi connectivity index (χ0v) is 12.4. The second kappa shape index (κ2) is 5.64. The van der Waals surface area contributed by atoms with Gasteiger partial charge < -0.3 is 9.47 Å². The van der Waals surface area contributed by atoms with Crippen LogP contribution in [0.5, 0.6) is 11.5 Å². The lowest BCUT2D eigenvalue weighted by molar-refractivity contribution is 0.0606. The van der Waals surface area contributed by atoms with Crippen molar-refractivity contribution in [3.05, 3.63) is 59.7 Å². The van der Waals surface area contributed by atoms with Gasteiger partial charge in [-0.3, -0.25) is 9.59 Å². The van der Waals surface area contributed by atoms with Crippen LogP contribution in [-0.2, 0) is 0 Å². The van der Waals surface area contributed by atoms with Crippen LogP contribution in [0.1, 0.15) is 27.6 Å². The number of ether oxygens (including phenoxy) is 2. The third kappa shape index (κ3) is 2.37. The fraction of sp³-hybridized carbons (Fsp3) is 0.222. The van der Waals surface area contributed by atoms with Crippen LogP contribution in [0.2, 0.25) is 0 Å². The summed E-state index contributed by atoms with van der Waals surface area (Å²) in [4.78, 5) is 25.3. The molecule has 0 radical (unpaired) electrons. The number of hydrogen-bond acceptors (Lipinski definition) is 4. The van der Waals surface area contributed by atoms with Gasteiger partial charge in [-0.2, -0.15) is 0 Å². The molecule has 0 unspecified atom stereocenters. The number of ketones is 2. The minimum atomic E-state index is -0.816. The van der Waals surface area contributed by atoms with Crippen LogP contribution in [0.25, 0.3) is 0 Å². The Balaban J connectivity index is 1.93. The Kier molecular flexibility index (Phi) is 3.67.